The molecule has 0 aliphatic rings. The largest absolute Gasteiger partial charge is 0.324 e. The van der Waals surface area contributed by atoms with Crippen molar-refractivity contribution in [1.29, 1.82) is 0 Å². The molecule has 0 bridgehead atoms. The van der Waals surface area contributed by atoms with Crippen molar-refractivity contribution in [3.8, 4) is 0 Å². The van der Waals surface area contributed by atoms with E-state index in [1.54, 1.807) is 12.1 Å². The van der Waals surface area contributed by atoms with E-state index in [0.29, 0.717) is 4.47 Å². The molecule has 1 rings (SSSR count). The second-order valence-corrected chi connectivity index (χ2v) is 4.30. The summed E-state index contributed by atoms with van der Waals surface area (Å²) in [5.74, 6) is -0.267. The lowest BCUT2D eigenvalue weighted by molar-refractivity contribution is 0.617. The van der Waals surface area contributed by atoms with Gasteiger partial charge < -0.3 is 5.73 Å². The lowest BCUT2D eigenvalue weighted by atomic mass is 10.0. The predicted molar refractivity (Wildman–Crippen MR) is 60.5 cm³/mol. The van der Waals surface area contributed by atoms with Crippen molar-refractivity contribution in [2.45, 2.75) is 19.4 Å². The highest BCUT2D eigenvalue weighted by atomic mass is 79.9. The first-order valence-corrected chi connectivity index (χ1v) is 5.15. The minimum absolute atomic E-state index is 0.107. The van der Waals surface area contributed by atoms with Crippen molar-refractivity contribution in [2.75, 3.05) is 0 Å². The van der Waals surface area contributed by atoms with Crippen molar-refractivity contribution < 1.29 is 4.39 Å². The van der Waals surface area contributed by atoms with Crippen LogP contribution in [0.4, 0.5) is 4.39 Å². The molecule has 3 heteroatoms. The van der Waals surface area contributed by atoms with Crippen LogP contribution in [0, 0.1) is 5.82 Å². The van der Waals surface area contributed by atoms with E-state index in [4.69, 9.17) is 5.73 Å². The van der Waals surface area contributed by atoms with Gasteiger partial charge in [-0.05, 0) is 47.0 Å². The molecule has 1 aromatic carbocycles. The third-order valence-corrected chi connectivity index (χ3v) is 2.55. The van der Waals surface area contributed by atoms with Crippen molar-refractivity contribution in [3.05, 3.63) is 46.2 Å². The quantitative estimate of drug-likeness (QED) is 0.824. The zero-order chi connectivity index (χ0) is 10.7. The summed E-state index contributed by atoms with van der Waals surface area (Å²) in [6.45, 7) is 5.72. The number of hydrogen-bond donors (Lipinski definition) is 1. The van der Waals surface area contributed by atoms with Crippen molar-refractivity contribution in [3.63, 3.8) is 0 Å². The van der Waals surface area contributed by atoms with Gasteiger partial charge in [0.1, 0.15) is 5.82 Å². The van der Waals surface area contributed by atoms with Gasteiger partial charge >= 0.3 is 0 Å². The fraction of sp³-hybridized carbons (Fsp3) is 0.273. The topological polar surface area (TPSA) is 26.0 Å². The molecule has 0 spiro atoms. The summed E-state index contributed by atoms with van der Waals surface area (Å²) in [5, 5.41) is 0. The SMILES string of the molecule is C=C(C)C[C@H](N)c1ccc(F)c(Br)c1. The number of halogens is 2. The fourth-order valence-electron chi connectivity index (χ4n) is 1.24. The molecule has 0 amide bonds. The number of nitrogens with two attached hydrogens (primary N) is 1. The Morgan fingerprint density at radius 2 is 2.29 bits per heavy atom. The summed E-state index contributed by atoms with van der Waals surface area (Å²) in [7, 11) is 0. The van der Waals surface area contributed by atoms with Crippen LogP contribution in [0.25, 0.3) is 0 Å². The molecule has 1 nitrogen and oxygen atoms in total. The van der Waals surface area contributed by atoms with Crippen molar-refractivity contribution in [1.82, 2.24) is 0 Å². The summed E-state index contributed by atoms with van der Waals surface area (Å²) in [5.41, 5.74) is 7.85. The molecule has 1 aromatic rings. The molecule has 0 radical (unpaired) electrons. The van der Waals surface area contributed by atoms with Gasteiger partial charge in [0.2, 0.25) is 0 Å². The minimum atomic E-state index is -0.267. The van der Waals surface area contributed by atoms with Crippen LogP contribution < -0.4 is 5.73 Å². The Morgan fingerprint density at radius 1 is 1.64 bits per heavy atom. The Balaban J connectivity index is 2.85. The Hall–Kier alpha value is -0.670. The van der Waals surface area contributed by atoms with Crippen molar-refractivity contribution in [2.24, 2.45) is 5.73 Å². The Kier molecular flexibility index (Phi) is 3.84. The van der Waals surface area contributed by atoms with E-state index in [2.05, 4.69) is 22.5 Å². The van der Waals surface area contributed by atoms with Gasteiger partial charge in [0.15, 0.2) is 0 Å². The standard InChI is InChI=1S/C11H13BrFN/c1-7(2)5-11(14)8-3-4-10(13)9(12)6-8/h3-4,6,11H,1,5,14H2,2H3/t11-/m0/s1. The van der Waals surface area contributed by atoms with Crippen LogP contribution in [0.1, 0.15) is 24.9 Å². The molecule has 0 fully saturated rings. The number of benzene rings is 1. The highest BCUT2D eigenvalue weighted by Gasteiger charge is 2.08. The molecular formula is C11H13BrFN. The summed E-state index contributed by atoms with van der Waals surface area (Å²) >= 11 is 3.13. The van der Waals surface area contributed by atoms with Crippen LogP contribution in [0.2, 0.25) is 0 Å². The summed E-state index contributed by atoms with van der Waals surface area (Å²) in [4.78, 5) is 0. The lowest BCUT2D eigenvalue weighted by Crippen LogP contribution is -2.10. The zero-order valence-electron chi connectivity index (χ0n) is 8.06. The van der Waals surface area contributed by atoms with Gasteiger partial charge in [-0.25, -0.2) is 4.39 Å². The molecular weight excluding hydrogens is 245 g/mol. The normalized spacial score (nSPS) is 12.6. The summed E-state index contributed by atoms with van der Waals surface area (Å²) < 4.78 is 13.4. The third-order valence-electron chi connectivity index (χ3n) is 1.94. The average Bonchev–Trinajstić information content (AvgIpc) is 2.08. The zero-order valence-corrected chi connectivity index (χ0v) is 9.64. The molecule has 76 valence electrons. The molecule has 0 aromatic heterocycles. The minimum Gasteiger partial charge on any atom is -0.324 e. The summed E-state index contributed by atoms with van der Waals surface area (Å²) in [6, 6.07) is 4.72. The first-order chi connectivity index (χ1) is 6.50. The molecule has 0 aliphatic heterocycles. The molecule has 14 heavy (non-hydrogen) atoms. The molecule has 1 atom stereocenters. The van der Waals surface area contributed by atoms with Crippen molar-refractivity contribution >= 4 is 15.9 Å². The highest BCUT2D eigenvalue weighted by Crippen LogP contribution is 2.23. The molecule has 0 heterocycles. The van der Waals surface area contributed by atoms with Gasteiger partial charge in [0.25, 0.3) is 0 Å². The van der Waals surface area contributed by atoms with Gasteiger partial charge in [-0.2, -0.15) is 0 Å². The van der Waals surface area contributed by atoms with Crippen LogP contribution >= 0.6 is 15.9 Å². The van der Waals surface area contributed by atoms with Gasteiger partial charge in [-0.1, -0.05) is 11.6 Å². The van der Waals surface area contributed by atoms with E-state index >= 15 is 0 Å². The Bertz CT molecular complexity index is 349. The predicted octanol–water partition coefficient (Wildman–Crippen LogP) is 3.55. The maximum absolute atomic E-state index is 12.9. The molecule has 2 N–H and O–H groups in total. The maximum atomic E-state index is 12.9. The van der Waals surface area contributed by atoms with E-state index in [0.717, 1.165) is 17.6 Å². The number of rotatable bonds is 3. The molecule has 0 saturated heterocycles. The van der Waals surface area contributed by atoms with E-state index < -0.39 is 0 Å². The van der Waals surface area contributed by atoms with Crippen LogP contribution in [0.3, 0.4) is 0 Å². The maximum Gasteiger partial charge on any atom is 0.137 e. The second kappa shape index (κ2) is 4.71. The monoisotopic (exact) mass is 257 g/mol. The van der Waals surface area contributed by atoms with E-state index in [-0.39, 0.29) is 11.9 Å². The summed E-state index contributed by atoms with van der Waals surface area (Å²) in [6.07, 6.45) is 0.720. The average molecular weight is 258 g/mol. The van der Waals surface area contributed by atoms with E-state index in [1.807, 2.05) is 6.92 Å². The third kappa shape index (κ3) is 2.93. The van der Waals surface area contributed by atoms with Gasteiger partial charge in [-0.3, -0.25) is 0 Å². The smallest absolute Gasteiger partial charge is 0.137 e. The number of hydrogen-bond acceptors (Lipinski definition) is 1. The lowest BCUT2D eigenvalue weighted by Gasteiger charge is -2.12. The van der Waals surface area contributed by atoms with Gasteiger partial charge in [-0.15, -0.1) is 6.58 Å². The Morgan fingerprint density at radius 3 is 2.79 bits per heavy atom. The first kappa shape index (κ1) is 11.4. The van der Waals surface area contributed by atoms with Crippen LogP contribution in [0.5, 0.6) is 0 Å². The van der Waals surface area contributed by atoms with Gasteiger partial charge in [0, 0.05) is 6.04 Å². The van der Waals surface area contributed by atoms with E-state index in [1.165, 1.54) is 6.07 Å². The molecule has 0 aliphatic carbocycles. The second-order valence-electron chi connectivity index (χ2n) is 3.44. The highest BCUT2D eigenvalue weighted by molar-refractivity contribution is 9.10. The van der Waals surface area contributed by atoms with Crippen LogP contribution in [-0.4, -0.2) is 0 Å². The molecule has 0 unspecified atom stereocenters. The van der Waals surface area contributed by atoms with Crippen LogP contribution in [0.15, 0.2) is 34.8 Å². The fourth-order valence-corrected chi connectivity index (χ4v) is 1.63. The Labute approximate surface area is 91.9 Å². The van der Waals surface area contributed by atoms with E-state index in [9.17, 15) is 4.39 Å². The van der Waals surface area contributed by atoms with Gasteiger partial charge in [0.05, 0.1) is 4.47 Å². The molecule has 0 saturated carbocycles. The first-order valence-electron chi connectivity index (χ1n) is 4.35. The van der Waals surface area contributed by atoms with Crippen LogP contribution in [-0.2, 0) is 0 Å².